The highest BCUT2D eigenvalue weighted by atomic mass is 16.5. The van der Waals surface area contributed by atoms with E-state index in [1.807, 2.05) is 42.5 Å². The van der Waals surface area contributed by atoms with Gasteiger partial charge in [0.2, 0.25) is 6.10 Å². The molecule has 21 heavy (non-hydrogen) atoms. The molecule has 3 heteroatoms. The summed E-state index contributed by atoms with van der Waals surface area (Å²) in [7, 11) is 0. The number of anilines is 1. The van der Waals surface area contributed by atoms with Gasteiger partial charge in [0, 0.05) is 5.56 Å². The molecule has 1 atom stereocenters. The van der Waals surface area contributed by atoms with Crippen LogP contribution in [0.25, 0.3) is 0 Å². The molecule has 0 fully saturated rings. The molecule has 0 spiro atoms. The molecule has 1 unspecified atom stereocenters. The van der Waals surface area contributed by atoms with Gasteiger partial charge in [-0.2, -0.15) is 0 Å². The maximum atomic E-state index is 12.3. The Balaban J connectivity index is 1.95. The van der Waals surface area contributed by atoms with E-state index in [1.165, 1.54) is 5.56 Å². The molecule has 1 aliphatic rings. The normalized spacial score (nSPS) is 17.7. The summed E-state index contributed by atoms with van der Waals surface area (Å²) in [4.78, 5) is 12.3. The second-order valence-corrected chi connectivity index (χ2v) is 6.36. The fourth-order valence-corrected chi connectivity index (χ4v) is 2.42. The van der Waals surface area contributed by atoms with Crippen LogP contribution < -0.4 is 10.1 Å². The van der Waals surface area contributed by atoms with Crippen molar-refractivity contribution in [2.45, 2.75) is 32.3 Å². The lowest BCUT2D eigenvalue weighted by Gasteiger charge is -2.28. The first-order valence-corrected chi connectivity index (χ1v) is 7.12. The largest absolute Gasteiger partial charge is 0.474 e. The second-order valence-electron chi connectivity index (χ2n) is 6.36. The molecule has 2 aromatic carbocycles. The van der Waals surface area contributed by atoms with Gasteiger partial charge in [-0.15, -0.1) is 0 Å². The fraction of sp³-hybridized carbons (Fsp3) is 0.278. The Hall–Kier alpha value is -2.29. The maximum absolute atomic E-state index is 12.3. The van der Waals surface area contributed by atoms with E-state index in [1.54, 1.807) is 0 Å². The zero-order chi connectivity index (χ0) is 15.0. The van der Waals surface area contributed by atoms with Crippen LogP contribution in [0.1, 0.15) is 38.0 Å². The minimum Gasteiger partial charge on any atom is -0.474 e. The van der Waals surface area contributed by atoms with Crippen LogP contribution >= 0.6 is 0 Å². The monoisotopic (exact) mass is 281 g/mol. The summed E-state index contributed by atoms with van der Waals surface area (Å²) in [5, 5.41) is 2.96. The zero-order valence-electron chi connectivity index (χ0n) is 12.5. The van der Waals surface area contributed by atoms with Crippen molar-refractivity contribution < 1.29 is 9.53 Å². The molecule has 0 aromatic heterocycles. The van der Waals surface area contributed by atoms with Crippen LogP contribution in [0.3, 0.4) is 0 Å². The van der Waals surface area contributed by atoms with Gasteiger partial charge in [-0.25, -0.2) is 0 Å². The number of fused-ring (bicyclic) bond motifs is 1. The highest BCUT2D eigenvalue weighted by Gasteiger charge is 2.29. The number of hydrogen-bond donors (Lipinski definition) is 1. The van der Waals surface area contributed by atoms with Gasteiger partial charge in [0.05, 0.1) is 5.69 Å². The number of carbonyl (C=O) groups is 1. The predicted octanol–water partition coefficient (Wildman–Crippen LogP) is 4.06. The predicted molar refractivity (Wildman–Crippen MR) is 83.6 cm³/mol. The number of rotatable bonds is 1. The molecule has 0 bridgehead atoms. The maximum Gasteiger partial charge on any atom is 0.270 e. The summed E-state index contributed by atoms with van der Waals surface area (Å²) in [5.41, 5.74) is 2.82. The van der Waals surface area contributed by atoms with Gasteiger partial charge >= 0.3 is 0 Å². The SMILES string of the molecule is CC(C)(C)c1ccc2c(c1)NC(=O)C(c1ccccc1)O2. The summed E-state index contributed by atoms with van der Waals surface area (Å²) in [6.07, 6.45) is -0.584. The van der Waals surface area contributed by atoms with E-state index in [9.17, 15) is 4.79 Å². The lowest BCUT2D eigenvalue weighted by atomic mass is 9.86. The van der Waals surface area contributed by atoms with Crippen molar-refractivity contribution in [1.82, 2.24) is 0 Å². The van der Waals surface area contributed by atoms with Crippen molar-refractivity contribution in [3.63, 3.8) is 0 Å². The highest BCUT2D eigenvalue weighted by molar-refractivity contribution is 5.98. The van der Waals surface area contributed by atoms with E-state index in [0.29, 0.717) is 0 Å². The Labute approximate surface area is 124 Å². The smallest absolute Gasteiger partial charge is 0.270 e. The van der Waals surface area contributed by atoms with E-state index < -0.39 is 6.10 Å². The Bertz CT molecular complexity index is 671. The molecule has 2 aromatic rings. The Morgan fingerprint density at radius 2 is 1.76 bits per heavy atom. The van der Waals surface area contributed by atoms with Crippen LogP contribution in [0.2, 0.25) is 0 Å². The molecule has 108 valence electrons. The Kier molecular flexibility index (Phi) is 3.20. The van der Waals surface area contributed by atoms with Crippen molar-refractivity contribution >= 4 is 11.6 Å². The van der Waals surface area contributed by atoms with Crippen molar-refractivity contribution in [1.29, 1.82) is 0 Å². The molecule has 3 nitrogen and oxygen atoms in total. The van der Waals surface area contributed by atoms with Crippen LogP contribution in [0.5, 0.6) is 5.75 Å². The topological polar surface area (TPSA) is 38.3 Å². The van der Waals surface area contributed by atoms with Gasteiger partial charge in [0.25, 0.3) is 5.91 Å². The molecular formula is C18H19NO2. The average molecular weight is 281 g/mol. The van der Waals surface area contributed by atoms with Gasteiger partial charge in [-0.3, -0.25) is 4.79 Å². The van der Waals surface area contributed by atoms with Gasteiger partial charge in [0.15, 0.2) is 0 Å². The molecule has 1 N–H and O–H groups in total. The van der Waals surface area contributed by atoms with Crippen LogP contribution in [0, 0.1) is 0 Å². The van der Waals surface area contributed by atoms with E-state index in [4.69, 9.17) is 4.74 Å². The van der Waals surface area contributed by atoms with Gasteiger partial charge in [-0.1, -0.05) is 57.2 Å². The third-order valence-electron chi connectivity index (χ3n) is 3.69. The zero-order valence-corrected chi connectivity index (χ0v) is 12.5. The molecule has 1 aliphatic heterocycles. The number of amides is 1. The molecule has 0 saturated heterocycles. The van der Waals surface area contributed by atoms with Gasteiger partial charge < -0.3 is 10.1 Å². The summed E-state index contributed by atoms with van der Waals surface area (Å²) in [5.74, 6) is 0.594. The third kappa shape index (κ3) is 2.64. The summed E-state index contributed by atoms with van der Waals surface area (Å²) in [6.45, 7) is 6.44. The minimum absolute atomic E-state index is 0.0377. The molecular weight excluding hydrogens is 262 g/mol. The van der Waals surface area contributed by atoms with Crippen LogP contribution in [-0.2, 0) is 10.2 Å². The quantitative estimate of drug-likeness (QED) is 0.856. The van der Waals surface area contributed by atoms with Crippen LogP contribution in [0.15, 0.2) is 48.5 Å². The van der Waals surface area contributed by atoms with Crippen molar-refractivity contribution in [3.05, 3.63) is 59.7 Å². The molecule has 3 rings (SSSR count). The van der Waals surface area contributed by atoms with Crippen molar-refractivity contribution in [3.8, 4) is 5.75 Å². The number of nitrogens with one attached hydrogen (secondary N) is 1. The lowest BCUT2D eigenvalue weighted by Crippen LogP contribution is -2.30. The summed E-state index contributed by atoms with van der Waals surface area (Å²) in [6, 6.07) is 15.5. The first-order chi connectivity index (χ1) is 9.95. The van der Waals surface area contributed by atoms with E-state index in [2.05, 4.69) is 32.2 Å². The third-order valence-corrected chi connectivity index (χ3v) is 3.69. The molecule has 1 amide bonds. The molecule has 0 aliphatic carbocycles. The van der Waals surface area contributed by atoms with Crippen molar-refractivity contribution in [2.75, 3.05) is 5.32 Å². The standard InChI is InChI=1S/C18H19NO2/c1-18(2,3)13-9-10-15-14(11-13)19-17(20)16(21-15)12-7-5-4-6-8-12/h4-11,16H,1-3H3,(H,19,20). The Morgan fingerprint density at radius 1 is 1.05 bits per heavy atom. The van der Waals surface area contributed by atoms with E-state index in [0.717, 1.165) is 17.0 Å². The van der Waals surface area contributed by atoms with Gasteiger partial charge in [-0.05, 0) is 23.1 Å². The van der Waals surface area contributed by atoms with E-state index in [-0.39, 0.29) is 11.3 Å². The lowest BCUT2D eigenvalue weighted by molar-refractivity contribution is -0.123. The summed E-state index contributed by atoms with van der Waals surface area (Å²) < 4.78 is 5.89. The molecule has 1 heterocycles. The molecule has 0 radical (unpaired) electrons. The fourth-order valence-electron chi connectivity index (χ4n) is 2.42. The minimum atomic E-state index is -0.584. The number of hydrogen-bond acceptors (Lipinski definition) is 2. The molecule has 0 saturated carbocycles. The van der Waals surface area contributed by atoms with E-state index >= 15 is 0 Å². The first kappa shape index (κ1) is 13.7. The van der Waals surface area contributed by atoms with Crippen LogP contribution in [-0.4, -0.2) is 5.91 Å². The first-order valence-electron chi connectivity index (χ1n) is 7.12. The number of benzene rings is 2. The second kappa shape index (κ2) is 4.92. The van der Waals surface area contributed by atoms with Crippen LogP contribution in [0.4, 0.5) is 5.69 Å². The van der Waals surface area contributed by atoms with Gasteiger partial charge in [0.1, 0.15) is 5.75 Å². The average Bonchev–Trinajstić information content (AvgIpc) is 2.46. The highest BCUT2D eigenvalue weighted by Crippen LogP contribution is 2.37. The van der Waals surface area contributed by atoms with Crippen molar-refractivity contribution in [2.24, 2.45) is 0 Å². The Morgan fingerprint density at radius 3 is 2.43 bits per heavy atom. The number of carbonyl (C=O) groups excluding carboxylic acids is 1. The summed E-state index contributed by atoms with van der Waals surface area (Å²) >= 11 is 0. The number of ether oxygens (including phenoxy) is 1.